The lowest BCUT2D eigenvalue weighted by Crippen LogP contribution is -2.16. The third-order valence-electron chi connectivity index (χ3n) is 2.88. The van der Waals surface area contributed by atoms with E-state index in [1.807, 2.05) is 12.1 Å². The molecule has 0 atom stereocenters. The first-order valence-corrected chi connectivity index (χ1v) is 6.99. The average Bonchev–Trinajstić information content (AvgIpc) is 2.44. The number of carbonyl (C=O) groups excluding carboxylic acids is 1. The number of rotatable bonds is 4. The van der Waals surface area contributed by atoms with Gasteiger partial charge in [0.25, 0.3) is 5.91 Å². The Labute approximate surface area is 125 Å². The summed E-state index contributed by atoms with van der Waals surface area (Å²) < 4.78 is 0.779. The number of halogens is 1. The summed E-state index contributed by atoms with van der Waals surface area (Å²) in [7, 11) is 0. The molecule has 4 nitrogen and oxygen atoms in total. The summed E-state index contributed by atoms with van der Waals surface area (Å²) in [5.41, 5.74) is 7.37. The molecule has 104 valence electrons. The van der Waals surface area contributed by atoms with Crippen molar-refractivity contribution >= 4 is 27.5 Å². The number of anilines is 1. The molecule has 0 heterocycles. The second-order valence-corrected chi connectivity index (χ2v) is 5.23. The van der Waals surface area contributed by atoms with Crippen LogP contribution in [0, 0.1) is 0 Å². The Hall–Kier alpha value is -1.85. The summed E-state index contributed by atoms with van der Waals surface area (Å²) >= 11 is 3.30. The predicted molar refractivity (Wildman–Crippen MR) is 83.0 cm³/mol. The highest BCUT2D eigenvalue weighted by molar-refractivity contribution is 9.10. The van der Waals surface area contributed by atoms with Gasteiger partial charge in [0, 0.05) is 10.0 Å². The summed E-state index contributed by atoms with van der Waals surface area (Å²) in [6, 6.07) is 12.2. The molecular formula is C15H15BrN2O2. The zero-order valence-corrected chi connectivity index (χ0v) is 12.4. The molecule has 4 N–H and O–H groups in total. The molecule has 0 aliphatic heterocycles. The standard InChI is InChI=1S/C15H15BrN2O2/c16-11-5-6-14(19)13(9-11)18-15(20)12-4-2-1-3-10(12)7-8-17/h1-6,9,19H,7-8,17H2,(H,18,20). The van der Waals surface area contributed by atoms with Crippen LogP contribution in [-0.4, -0.2) is 17.6 Å². The fourth-order valence-electron chi connectivity index (χ4n) is 1.91. The van der Waals surface area contributed by atoms with Crippen molar-refractivity contribution in [3.63, 3.8) is 0 Å². The van der Waals surface area contributed by atoms with E-state index in [-0.39, 0.29) is 11.7 Å². The van der Waals surface area contributed by atoms with E-state index >= 15 is 0 Å². The molecule has 5 heteroatoms. The van der Waals surface area contributed by atoms with Crippen LogP contribution >= 0.6 is 15.9 Å². The maximum absolute atomic E-state index is 12.3. The van der Waals surface area contributed by atoms with E-state index in [0.717, 1.165) is 10.0 Å². The second-order valence-electron chi connectivity index (χ2n) is 4.31. The van der Waals surface area contributed by atoms with Crippen LogP contribution in [0.5, 0.6) is 5.75 Å². The number of carbonyl (C=O) groups is 1. The van der Waals surface area contributed by atoms with Gasteiger partial charge in [0.05, 0.1) is 5.69 Å². The molecule has 0 bridgehead atoms. The monoisotopic (exact) mass is 334 g/mol. The fraction of sp³-hybridized carbons (Fsp3) is 0.133. The molecule has 0 saturated carbocycles. The highest BCUT2D eigenvalue weighted by Crippen LogP contribution is 2.27. The number of hydrogen-bond acceptors (Lipinski definition) is 3. The fourth-order valence-corrected chi connectivity index (χ4v) is 2.27. The lowest BCUT2D eigenvalue weighted by atomic mass is 10.0. The number of hydrogen-bond donors (Lipinski definition) is 3. The molecule has 0 aliphatic rings. The van der Waals surface area contributed by atoms with Gasteiger partial charge < -0.3 is 16.2 Å². The van der Waals surface area contributed by atoms with E-state index in [9.17, 15) is 9.90 Å². The summed E-state index contributed by atoms with van der Waals surface area (Å²) in [5.74, 6) is -0.236. The smallest absolute Gasteiger partial charge is 0.256 e. The number of phenolic OH excluding ortho intramolecular Hbond substituents is 1. The molecule has 2 rings (SSSR count). The van der Waals surface area contributed by atoms with Crippen molar-refractivity contribution < 1.29 is 9.90 Å². The molecule has 0 fully saturated rings. The lowest BCUT2D eigenvalue weighted by Gasteiger charge is -2.11. The van der Waals surface area contributed by atoms with E-state index in [0.29, 0.717) is 24.2 Å². The Morgan fingerprint density at radius 1 is 1.25 bits per heavy atom. The van der Waals surface area contributed by atoms with Gasteiger partial charge in [-0.1, -0.05) is 34.1 Å². The van der Waals surface area contributed by atoms with Crippen molar-refractivity contribution in [3.05, 3.63) is 58.1 Å². The van der Waals surface area contributed by atoms with Gasteiger partial charge in [0.1, 0.15) is 5.75 Å². The third kappa shape index (κ3) is 3.37. The maximum atomic E-state index is 12.3. The van der Waals surface area contributed by atoms with Crippen LogP contribution in [0.1, 0.15) is 15.9 Å². The van der Waals surface area contributed by atoms with Crippen LogP contribution in [0.15, 0.2) is 46.9 Å². The van der Waals surface area contributed by atoms with E-state index in [2.05, 4.69) is 21.2 Å². The molecule has 0 spiro atoms. The van der Waals surface area contributed by atoms with E-state index in [1.54, 1.807) is 24.3 Å². The summed E-state index contributed by atoms with van der Waals surface area (Å²) in [4.78, 5) is 12.3. The van der Waals surface area contributed by atoms with Gasteiger partial charge >= 0.3 is 0 Å². The number of amides is 1. The van der Waals surface area contributed by atoms with Gasteiger partial charge in [-0.2, -0.15) is 0 Å². The zero-order chi connectivity index (χ0) is 14.5. The predicted octanol–water partition coefficient (Wildman–Crippen LogP) is 2.91. The quantitative estimate of drug-likeness (QED) is 0.752. The van der Waals surface area contributed by atoms with Crippen molar-refractivity contribution in [3.8, 4) is 5.75 Å². The topological polar surface area (TPSA) is 75.4 Å². The minimum absolute atomic E-state index is 0.0258. The number of nitrogens with one attached hydrogen (secondary N) is 1. The average molecular weight is 335 g/mol. The Kier molecular flexibility index (Phi) is 4.76. The van der Waals surface area contributed by atoms with Crippen molar-refractivity contribution in [1.29, 1.82) is 0 Å². The summed E-state index contributed by atoms with van der Waals surface area (Å²) in [5, 5.41) is 12.5. The Bertz CT molecular complexity index is 629. The molecule has 0 aromatic heterocycles. The van der Waals surface area contributed by atoms with Gasteiger partial charge in [0.15, 0.2) is 0 Å². The summed E-state index contributed by atoms with van der Waals surface area (Å²) in [6.45, 7) is 0.479. The zero-order valence-electron chi connectivity index (χ0n) is 10.8. The largest absolute Gasteiger partial charge is 0.506 e. The van der Waals surface area contributed by atoms with Crippen molar-refractivity contribution in [2.24, 2.45) is 5.73 Å². The molecule has 0 radical (unpaired) electrons. The number of benzene rings is 2. The van der Waals surface area contributed by atoms with E-state index < -0.39 is 0 Å². The Morgan fingerprint density at radius 3 is 2.75 bits per heavy atom. The highest BCUT2D eigenvalue weighted by atomic mass is 79.9. The van der Waals surface area contributed by atoms with Crippen LogP contribution in [0.2, 0.25) is 0 Å². The van der Waals surface area contributed by atoms with Gasteiger partial charge in [-0.15, -0.1) is 0 Å². The van der Waals surface area contributed by atoms with Gasteiger partial charge in [-0.25, -0.2) is 0 Å². The van der Waals surface area contributed by atoms with E-state index in [1.165, 1.54) is 6.07 Å². The number of aromatic hydroxyl groups is 1. The second kappa shape index (κ2) is 6.54. The normalized spacial score (nSPS) is 10.3. The highest BCUT2D eigenvalue weighted by Gasteiger charge is 2.12. The van der Waals surface area contributed by atoms with Gasteiger partial charge in [-0.05, 0) is 42.8 Å². The minimum Gasteiger partial charge on any atom is -0.506 e. The minimum atomic E-state index is -0.262. The van der Waals surface area contributed by atoms with Crippen LogP contribution in [-0.2, 0) is 6.42 Å². The SMILES string of the molecule is NCCc1ccccc1C(=O)Nc1cc(Br)ccc1O. The van der Waals surface area contributed by atoms with E-state index in [4.69, 9.17) is 5.73 Å². The first-order valence-electron chi connectivity index (χ1n) is 6.19. The molecule has 2 aromatic rings. The summed E-state index contributed by atoms with van der Waals surface area (Å²) in [6.07, 6.45) is 0.633. The molecule has 2 aromatic carbocycles. The molecule has 0 saturated heterocycles. The molecule has 0 unspecified atom stereocenters. The van der Waals surface area contributed by atoms with Crippen LogP contribution in [0.3, 0.4) is 0 Å². The van der Waals surface area contributed by atoms with Gasteiger partial charge in [0.2, 0.25) is 0 Å². The van der Waals surface area contributed by atoms with Crippen LogP contribution < -0.4 is 11.1 Å². The number of phenols is 1. The van der Waals surface area contributed by atoms with Crippen molar-refractivity contribution in [2.45, 2.75) is 6.42 Å². The molecular weight excluding hydrogens is 320 g/mol. The van der Waals surface area contributed by atoms with Crippen molar-refractivity contribution in [2.75, 3.05) is 11.9 Å². The maximum Gasteiger partial charge on any atom is 0.256 e. The Balaban J connectivity index is 2.26. The van der Waals surface area contributed by atoms with Crippen molar-refractivity contribution in [1.82, 2.24) is 0 Å². The first kappa shape index (κ1) is 14.6. The lowest BCUT2D eigenvalue weighted by molar-refractivity contribution is 0.102. The first-order chi connectivity index (χ1) is 9.61. The molecule has 0 aliphatic carbocycles. The van der Waals surface area contributed by atoms with Crippen LogP contribution in [0.4, 0.5) is 5.69 Å². The van der Waals surface area contributed by atoms with Crippen LogP contribution in [0.25, 0.3) is 0 Å². The number of nitrogens with two attached hydrogens (primary N) is 1. The van der Waals surface area contributed by atoms with Gasteiger partial charge in [-0.3, -0.25) is 4.79 Å². The Morgan fingerprint density at radius 2 is 2.00 bits per heavy atom. The third-order valence-corrected chi connectivity index (χ3v) is 3.38. The molecule has 1 amide bonds. The molecule has 20 heavy (non-hydrogen) atoms.